The molecule has 0 saturated carbocycles. The Morgan fingerprint density at radius 3 is 2.44 bits per heavy atom. The minimum Gasteiger partial charge on any atom is -0.465 e. The van der Waals surface area contributed by atoms with Crippen molar-refractivity contribution in [3.05, 3.63) is 62.6 Å². The molecule has 2 aromatic rings. The van der Waals surface area contributed by atoms with E-state index in [4.69, 9.17) is 0 Å². The lowest BCUT2D eigenvalue weighted by Gasteiger charge is -2.19. The summed E-state index contributed by atoms with van der Waals surface area (Å²) >= 11 is 0. The predicted octanol–water partition coefficient (Wildman–Crippen LogP) is 1.21. The average molecular weight is 466 g/mol. The summed E-state index contributed by atoms with van der Waals surface area (Å²) in [6.45, 7) is 3.29. The zero-order chi connectivity index (χ0) is 24.1. The lowest BCUT2D eigenvalue weighted by atomic mass is 10.2. The lowest BCUT2D eigenvalue weighted by molar-refractivity contribution is -0.386. The van der Waals surface area contributed by atoms with Crippen LogP contribution in [0.4, 0.5) is 11.4 Å². The molecule has 0 atom stereocenters. The van der Waals surface area contributed by atoms with Gasteiger partial charge in [-0.05, 0) is 18.2 Å². The zero-order valence-corrected chi connectivity index (χ0v) is 18.4. The van der Waals surface area contributed by atoms with Crippen LogP contribution in [0.2, 0.25) is 0 Å². The number of hydrogen-bond donors (Lipinski definition) is 1. The summed E-state index contributed by atoms with van der Waals surface area (Å²) in [5.74, 6) is -1.68. The van der Waals surface area contributed by atoms with E-state index in [0.29, 0.717) is 4.57 Å². The molecular weight excluding hydrogens is 444 g/mol. The molecule has 0 unspecified atom stereocenters. The van der Waals surface area contributed by atoms with Gasteiger partial charge >= 0.3 is 17.2 Å². The molecule has 1 N–H and O–H groups in total. The first-order chi connectivity index (χ1) is 15.0. The summed E-state index contributed by atoms with van der Waals surface area (Å²) in [7, 11) is -2.69. The number of nitrogens with zero attached hydrogens (tertiary/aromatic N) is 3. The Hall–Kier alpha value is -3.58. The standard InChI is InChI=1S/C19H22N4O8S/c1-4-22(5-2)32(29,30)15-8-6-7-14(10-15)20-17(24)12-21-11-13(19(26)31-3)9-16(18(21)25)23(27)28/h6-11H,4-5,12H2,1-3H3,(H,20,24). The maximum absolute atomic E-state index is 12.7. The number of carbonyl (C=O) groups excluding carboxylic acids is 2. The molecule has 1 aromatic heterocycles. The summed E-state index contributed by atoms with van der Waals surface area (Å²) in [6, 6.07) is 6.32. The second kappa shape index (κ2) is 10.2. The van der Waals surface area contributed by atoms with Crippen LogP contribution in [0.5, 0.6) is 0 Å². The largest absolute Gasteiger partial charge is 0.465 e. The van der Waals surface area contributed by atoms with E-state index in [2.05, 4.69) is 10.1 Å². The Balaban J connectivity index is 2.32. The minimum atomic E-state index is -3.76. The van der Waals surface area contributed by atoms with Crippen LogP contribution in [0.15, 0.2) is 46.2 Å². The van der Waals surface area contributed by atoms with Crippen LogP contribution in [-0.2, 0) is 26.1 Å². The molecule has 0 aliphatic heterocycles. The van der Waals surface area contributed by atoms with Gasteiger partial charge in [-0.15, -0.1) is 0 Å². The number of nitro groups is 1. The number of pyridine rings is 1. The summed E-state index contributed by atoms with van der Waals surface area (Å²) in [5, 5.41) is 13.6. The van der Waals surface area contributed by atoms with Gasteiger partial charge in [0.1, 0.15) is 6.54 Å². The van der Waals surface area contributed by atoms with E-state index in [9.17, 15) is 32.9 Å². The molecule has 0 fully saturated rings. The Morgan fingerprint density at radius 1 is 1.22 bits per heavy atom. The number of sulfonamides is 1. The van der Waals surface area contributed by atoms with Crippen molar-refractivity contribution in [1.82, 2.24) is 8.87 Å². The number of ether oxygens (including phenoxy) is 1. The molecule has 12 nitrogen and oxygen atoms in total. The van der Waals surface area contributed by atoms with Crippen molar-refractivity contribution in [2.45, 2.75) is 25.3 Å². The van der Waals surface area contributed by atoms with Crippen molar-refractivity contribution in [2.24, 2.45) is 0 Å². The van der Waals surface area contributed by atoms with Crippen LogP contribution in [0.25, 0.3) is 0 Å². The molecule has 0 saturated heterocycles. The van der Waals surface area contributed by atoms with E-state index in [1.54, 1.807) is 13.8 Å². The van der Waals surface area contributed by atoms with Gasteiger partial charge in [-0.25, -0.2) is 13.2 Å². The van der Waals surface area contributed by atoms with Crippen LogP contribution in [0.3, 0.4) is 0 Å². The van der Waals surface area contributed by atoms with Crippen LogP contribution in [-0.4, -0.2) is 54.3 Å². The SMILES string of the molecule is CCN(CC)S(=O)(=O)c1cccc(NC(=O)Cn2cc(C(=O)OC)cc([N+](=O)[O-])c2=O)c1. The number of rotatable bonds is 9. The minimum absolute atomic E-state index is 0.0282. The number of aromatic nitrogens is 1. The number of methoxy groups -OCH3 is 1. The molecule has 1 amide bonds. The van der Waals surface area contributed by atoms with E-state index in [0.717, 1.165) is 19.4 Å². The summed E-state index contributed by atoms with van der Waals surface area (Å²) < 4.78 is 31.8. The van der Waals surface area contributed by atoms with Crippen molar-refractivity contribution in [3.63, 3.8) is 0 Å². The molecule has 0 aliphatic carbocycles. The van der Waals surface area contributed by atoms with E-state index in [1.807, 2.05) is 0 Å². The summed E-state index contributed by atoms with van der Waals surface area (Å²) in [5.41, 5.74) is -2.11. The summed E-state index contributed by atoms with van der Waals surface area (Å²) in [4.78, 5) is 46.6. The molecule has 1 heterocycles. The first-order valence-corrected chi connectivity index (χ1v) is 10.9. The fourth-order valence-electron chi connectivity index (χ4n) is 2.90. The highest BCUT2D eigenvalue weighted by Gasteiger charge is 2.23. The average Bonchev–Trinajstić information content (AvgIpc) is 2.75. The van der Waals surface area contributed by atoms with Crippen molar-refractivity contribution in [3.8, 4) is 0 Å². The summed E-state index contributed by atoms with van der Waals surface area (Å²) in [6.07, 6.45) is 0.974. The molecule has 172 valence electrons. The normalized spacial score (nSPS) is 11.2. The van der Waals surface area contributed by atoms with E-state index < -0.39 is 44.6 Å². The molecule has 0 radical (unpaired) electrons. The van der Waals surface area contributed by atoms with E-state index in [-0.39, 0.29) is 29.2 Å². The fraction of sp³-hybridized carbons (Fsp3) is 0.316. The second-order valence-electron chi connectivity index (χ2n) is 6.46. The Labute approximate surface area is 183 Å². The predicted molar refractivity (Wildman–Crippen MR) is 114 cm³/mol. The van der Waals surface area contributed by atoms with Gasteiger partial charge in [0.25, 0.3) is 0 Å². The van der Waals surface area contributed by atoms with Gasteiger partial charge in [0.15, 0.2) is 0 Å². The Kier molecular flexibility index (Phi) is 7.83. The van der Waals surface area contributed by atoms with Crippen molar-refractivity contribution >= 4 is 33.3 Å². The van der Waals surface area contributed by atoms with Crippen molar-refractivity contribution < 1.29 is 27.7 Å². The number of anilines is 1. The highest BCUT2D eigenvalue weighted by atomic mass is 32.2. The van der Waals surface area contributed by atoms with E-state index in [1.165, 1.54) is 28.6 Å². The third-order valence-corrected chi connectivity index (χ3v) is 6.51. The van der Waals surface area contributed by atoms with Gasteiger partial charge in [-0.3, -0.25) is 24.3 Å². The monoisotopic (exact) mass is 466 g/mol. The molecule has 1 aromatic carbocycles. The van der Waals surface area contributed by atoms with E-state index >= 15 is 0 Å². The number of carbonyl (C=O) groups is 2. The number of benzene rings is 1. The number of amides is 1. The molecule has 2 rings (SSSR count). The Morgan fingerprint density at radius 2 is 1.88 bits per heavy atom. The number of hydrogen-bond acceptors (Lipinski definition) is 8. The topological polar surface area (TPSA) is 158 Å². The third kappa shape index (κ3) is 5.36. The quantitative estimate of drug-likeness (QED) is 0.328. The van der Waals surface area contributed by atoms with Crippen LogP contribution in [0, 0.1) is 10.1 Å². The second-order valence-corrected chi connectivity index (χ2v) is 8.40. The lowest BCUT2D eigenvalue weighted by Crippen LogP contribution is -2.31. The van der Waals surface area contributed by atoms with Crippen LogP contribution in [0.1, 0.15) is 24.2 Å². The fourth-order valence-corrected chi connectivity index (χ4v) is 4.40. The van der Waals surface area contributed by atoms with Crippen LogP contribution < -0.4 is 10.9 Å². The first kappa shape index (κ1) is 24.7. The Bertz CT molecular complexity index is 1200. The van der Waals surface area contributed by atoms with Gasteiger partial charge < -0.3 is 10.1 Å². The third-order valence-electron chi connectivity index (χ3n) is 4.46. The molecule has 0 spiro atoms. The van der Waals surface area contributed by atoms with Gasteiger partial charge in [0.05, 0.1) is 22.5 Å². The van der Waals surface area contributed by atoms with Gasteiger partial charge in [0, 0.05) is 31.0 Å². The molecule has 0 aliphatic rings. The highest BCUT2D eigenvalue weighted by Crippen LogP contribution is 2.19. The molecular formula is C19H22N4O8S. The maximum atomic E-state index is 12.7. The van der Waals surface area contributed by atoms with Crippen LogP contribution >= 0.6 is 0 Å². The van der Waals surface area contributed by atoms with Gasteiger partial charge in [0.2, 0.25) is 15.9 Å². The first-order valence-electron chi connectivity index (χ1n) is 9.42. The molecule has 32 heavy (non-hydrogen) atoms. The number of nitrogens with one attached hydrogen (secondary N) is 1. The maximum Gasteiger partial charge on any atom is 0.339 e. The van der Waals surface area contributed by atoms with Gasteiger partial charge in [-0.1, -0.05) is 19.9 Å². The number of esters is 1. The van der Waals surface area contributed by atoms with Crippen molar-refractivity contribution in [2.75, 3.05) is 25.5 Å². The van der Waals surface area contributed by atoms with Gasteiger partial charge in [-0.2, -0.15) is 4.31 Å². The van der Waals surface area contributed by atoms with Crippen molar-refractivity contribution in [1.29, 1.82) is 0 Å². The zero-order valence-electron chi connectivity index (χ0n) is 17.6. The highest BCUT2D eigenvalue weighted by molar-refractivity contribution is 7.89. The molecule has 0 bridgehead atoms. The smallest absolute Gasteiger partial charge is 0.339 e. The molecule has 13 heteroatoms.